The van der Waals surface area contributed by atoms with E-state index in [9.17, 15) is 5.11 Å². The maximum Gasteiger partial charge on any atom is 0.0725 e. The van der Waals surface area contributed by atoms with Crippen molar-refractivity contribution in [1.82, 2.24) is 4.90 Å². The molecule has 0 amide bonds. The average Bonchev–Trinajstić information content (AvgIpc) is 2.57. The third-order valence-corrected chi connectivity index (χ3v) is 4.50. The summed E-state index contributed by atoms with van der Waals surface area (Å²) in [7, 11) is 2.18. The van der Waals surface area contributed by atoms with Crippen LogP contribution in [0, 0.1) is 0 Å². The zero-order valence-electron chi connectivity index (χ0n) is 12.7. The van der Waals surface area contributed by atoms with Crippen LogP contribution >= 0.6 is 0 Å². The van der Waals surface area contributed by atoms with Crippen LogP contribution in [0.1, 0.15) is 56.2 Å². The third kappa shape index (κ3) is 3.18. The lowest BCUT2D eigenvalue weighted by Gasteiger charge is -2.22. The van der Waals surface area contributed by atoms with Gasteiger partial charge in [0.1, 0.15) is 0 Å². The Morgan fingerprint density at radius 3 is 2.84 bits per heavy atom. The Morgan fingerprint density at radius 1 is 1.42 bits per heavy atom. The van der Waals surface area contributed by atoms with Gasteiger partial charge < -0.3 is 10.0 Å². The van der Waals surface area contributed by atoms with Gasteiger partial charge in [-0.3, -0.25) is 0 Å². The van der Waals surface area contributed by atoms with Gasteiger partial charge in [0.15, 0.2) is 0 Å². The van der Waals surface area contributed by atoms with Crippen LogP contribution in [-0.4, -0.2) is 29.2 Å². The van der Waals surface area contributed by atoms with Crippen molar-refractivity contribution in [2.24, 2.45) is 0 Å². The molecule has 2 nitrogen and oxygen atoms in total. The molecule has 1 aliphatic carbocycles. The molecule has 0 aliphatic heterocycles. The molecule has 0 radical (unpaired) electrons. The van der Waals surface area contributed by atoms with Gasteiger partial charge in [-0.25, -0.2) is 0 Å². The van der Waals surface area contributed by atoms with Crippen LogP contribution < -0.4 is 0 Å². The van der Waals surface area contributed by atoms with Crippen molar-refractivity contribution in [1.29, 1.82) is 0 Å². The molecule has 2 heteroatoms. The lowest BCUT2D eigenvalue weighted by molar-refractivity contribution is 0.0488. The minimum Gasteiger partial charge on any atom is -0.389 e. The summed E-state index contributed by atoms with van der Waals surface area (Å²) in [6, 6.07) is 6.72. The topological polar surface area (TPSA) is 23.5 Å². The zero-order chi connectivity index (χ0) is 14.0. The second-order valence-electron chi connectivity index (χ2n) is 6.38. The van der Waals surface area contributed by atoms with Gasteiger partial charge in [-0.1, -0.05) is 38.5 Å². The van der Waals surface area contributed by atoms with E-state index < -0.39 is 5.60 Å². The van der Waals surface area contributed by atoms with Crippen molar-refractivity contribution < 1.29 is 5.11 Å². The molecule has 0 saturated heterocycles. The van der Waals surface area contributed by atoms with Crippen LogP contribution in [0.5, 0.6) is 0 Å². The Kier molecular flexibility index (Phi) is 4.32. The lowest BCUT2D eigenvalue weighted by atomic mass is 9.92. The molecule has 0 heterocycles. The molecular weight excluding hydrogens is 234 g/mol. The zero-order valence-corrected chi connectivity index (χ0v) is 12.7. The van der Waals surface area contributed by atoms with Crippen molar-refractivity contribution in [3.05, 3.63) is 34.9 Å². The van der Waals surface area contributed by atoms with E-state index in [1.807, 2.05) is 6.92 Å². The fourth-order valence-electron chi connectivity index (χ4n) is 3.03. The number of nitrogens with zero attached hydrogens (tertiary/aromatic N) is 1. The number of benzene rings is 1. The second-order valence-corrected chi connectivity index (χ2v) is 6.38. The fourth-order valence-corrected chi connectivity index (χ4v) is 3.03. The van der Waals surface area contributed by atoms with E-state index >= 15 is 0 Å². The van der Waals surface area contributed by atoms with Crippen LogP contribution in [0.2, 0.25) is 0 Å². The van der Waals surface area contributed by atoms with E-state index in [1.165, 1.54) is 29.5 Å². The molecule has 1 aliphatic rings. The molecule has 0 fully saturated rings. The summed E-state index contributed by atoms with van der Waals surface area (Å²) >= 11 is 0. The monoisotopic (exact) mass is 261 g/mol. The minimum absolute atomic E-state index is 0.245. The average molecular weight is 261 g/mol. The normalized spacial score (nSPS) is 25.9. The molecule has 106 valence electrons. The summed E-state index contributed by atoms with van der Waals surface area (Å²) in [5, 5.41) is 10.4. The summed E-state index contributed by atoms with van der Waals surface area (Å²) in [6.45, 7) is 8.46. The smallest absolute Gasteiger partial charge is 0.0725 e. The molecule has 0 spiro atoms. The maximum absolute atomic E-state index is 10.4. The molecule has 2 atom stereocenters. The molecule has 2 rings (SSSR count). The first-order chi connectivity index (χ1) is 8.94. The van der Waals surface area contributed by atoms with E-state index in [1.54, 1.807) is 0 Å². The highest BCUT2D eigenvalue weighted by atomic mass is 16.3. The summed E-state index contributed by atoms with van der Waals surface area (Å²) < 4.78 is 0. The maximum atomic E-state index is 10.4. The molecular formula is C17H27NO. The molecule has 0 bridgehead atoms. The van der Waals surface area contributed by atoms with Crippen molar-refractivity contribution in [2.75, 3.05) is 13.6 Å². The van der Waals surface area contributed by atoms with Gasteiger partial charge in [0, 0.05) is 18.9 Å². The summed E-state index contributed by atoms with van der Waals surface area (Å²) in [5.41, 5.74) is 3.45. The number of unbranched alkanes of at least 4 members (excludes halogenated alkanes) is 1. The van der Waals surface area contributed by atoms with Gasteiger partial charge in [-0.15, -0.1) is 0 Å². The second kappa shape index (κ2) is 5.64. The van der Waals surface area contributed by atoms with E-state index in [-0.39, 0.29) is 5.92 Å². The first kappa shape index (κ1) is 14.5. The Hall–Kier alpha value is -0.860. The Morgan fingerprint density at radius 2 is 2.16 bits per heavy atom. The summed E-state index contributed by atoms with van der Waals surface area (Å²) in [5.74, 6) is 0.245. The fraction of sp³-hybridized carbons (Fsp3) is 0.647. The quantitative estimate of drug-likeness (QED) is 0.879. The SMILES string of the molecule is CCCCN(C)Cc1ccc2c(c1)CC(C)(O)C2C. The third-order valence-electron chi connectivity index (χ3n) is 4.50. The minimum atomic E-state index is -0.574. The Labute approximate surface area is 117 Å². The standard InChI is InChI=1S/C17H27NO/c1-5-6-9-18(4)12-14-7-8-16-13(2)17(3,19)11-15(16)10-14/h7-8,10,13,19H,5-6,9,11-12H2,1-4H3. The molecule has 0 aromatic heterocycles. The molecule has 19 heavy (non-hydrogen) atoms. The number of aliphatic hydroxyl groups is 1. The van der Waals surface area contributed by atoms with Gasteiger partial charge in [-0.2, -0.15) is 0 Å². The highest BCUT2D eigenvalue weighted by Crippen LogP contribution is 2.40. The van der Waals surface area contributed by atoms with Crippen molar-refractivity contribution in [2.45, 2.75) is 58.1 Å². The van der Waals surface area contributed by atoms with Gasteiger partial charge >= 0.3 is 0 Å². The largest absolute Gasteiger partial charge is 0.389 e. The van der Waals surface area contributed by atoms with E-state index in [2.05, 4.69) is 44.0 Å². The lowest BCUT2D eigenvalue weighted by Crippen LogP contribution is -2.27. The van der Waals surface area contributed by atoms with Gasteiger partial charge in [0.25, 0.3) is 0 Å². The molecule has 1 N–H and O–H groups in total. The van der Waals surface area contributed by atoms with Crippen LogP contribution in [-0.2, 0) is 13.0 Å². The van der Waals surface area contributed by atoms with Gasteiger partial charge in [0.2, 0.25) is 0 Å². The van der Waals surface area contributed by atoms with E-state index in [0.29, 0.717) is 0 Å². The predicted molar refractivity (Wildman–Crippen MR) is 80.4 cm³/mol. The Balaban J connectivity index is 2.07. The molecule has 1 aromatic carbocycles. The van der Waals surface area contributed by atoms with Crippen LogP contribution in [0.3, 0.4) is 0 Å². The van der Waals surface area contributed by atoms with E-state index in [0.717, 1.165) is 19.5 Å². The summed E-state index contributed by atoms with van der Waals surface area (Å²) in [6.07, 6.45) is 3.29. The predicted octanol–water partition coefficient (Wildman–Crippen LogP) is 3.33. The highest BCUT2D eigenvalue weighted by molar-refractivity contribution is 5.41. The van der Waals surface area contributed by atoms with E-state index in [4.69, 9.17) is 0 Å². The van der Waals surface area contributed by atoms with Crippen molar-refractivity contribution >= 4 is 0 Å². The first-order valence-electron chi connectivity index (χ1n) is 7.46. The molecule has 2 unspecified atom stereocenters. The molecule has 1 aromatic rings. The van der Waals surface area contributed by atoms with Crippen molar-refractivity contribution in [3.8, 4) is 0 Å². The molecule has 0 saturated carbocycles. The van der Waals surface area contributed by atoms with Crippen LogP contribution in [0.4, 0.5) is 0 Å². The Bertz CT molecular complexity index is 439. The first-order valence-corrected chi connectivity index (χ1v) is 7.46. The van der Waals surface area contributed by atoms with Crippen molar-refractivity contribution in [3.63, 3.8) is 0 Å². The highest BCUT2D eigenvalue weighted by Gasteiger charge is 2.37. The number of fused-ring (bicyclic) bond motifs is 1. The van der Waals surface area contributed by atoms with Crippen LogP contribution in [0.25, 0.3) is 0 Å². The van der Waals surface area contributed by atoms with Gasteiger partial charge in [-0.05, 0) is 43.6 Å². The number of rotatable bonds is 5. The van der Waals surface area contributed by atoms with Gasteiger partial charge in [0.05, 0.1) is 5.60 Å². The number of hydrogen-bond acceptors (Lipinski definition) is 2. The van der Waals surface area contributed by atoms with Crippen LogP contribution in [0.15, 0.2) is 18.2 Å². The summed E-state index contributed by atoms with van der Waals surface area (Å²) in [4.78, 5) is 2.38. The number of hydrogen-bond donors (Lipinski definition) is 1.